The molecular formula is C10H14N2O4S. The fraction of sp³-hybridized carbons (Fsp3) is 0.400. The Hall–Kier alpha value is -1.47. The van der Waals surface area contributed by atoms with Crippen LogP contribution in [-0.4, -0.2) is 19.9 Å². The first-order valence-corrected chi connectivity index (χ1v) is 6.61. The number of nitrogens with zero attached hydrogens (tertiary/aromatic N) is 1. The minimum Gasteiger partial charge on any atom is -0.265 e. The third-order valence-corrected chi connectivity index (χ3v) is 3.72. The quantitative estimate of drug-likeness (QED) is 0.628. The van der Waals surface area contributed by atoms with Crippen molar-refractivity contribution in [3.05, 3.63) is 45.5 Å². The molecule has 17 heavy (non-hydrogen) atoms. The van der Waals surface area contributed by atoms with Crippen LogP contribution >= 0.6 is 0 Å². The Kier molecular flexibility index (Phi) is 4.19. The molecule has 1 aromatic carbocycles. The van der Waals surface area contributed by atoms with E-state index in [1.807, 2.05) is 6.92 Å². The smallest absolute Gasteiger partial charge is 0.216 e. The molecule has 0 aliphatic heterocycles. The number of nitro groups is 1. The third kappa shape index (κ3) is 4.12. The van der Waals surface area contributed by atoms with Crippen LogP contribution in [0.1, 0.15) is 22.8 Å². The van der Waals surface area contributed by atoms with Crippen LogP contribution in [0.2, 0.25) is 0 Å². The summed E-state index contributed by atoms with van der Waals surface area (Å²) in [6.07, 6.45) is -0.116. The summed E-state index contributed by atoms with van der Waals surface area (Å²) < 4.78 is 22.8. The summed E-state index contributed by atoms with van der Waals surface area (Å²) >= 11 is 0. The van der Waals surface area contributed by atoms with Crippen LogP contribution in [0, 0.1) is 17.0 Å². The molecule has 0 amide bonds. The predicted octanol–water partition coefficient (Wildman–Crippen LogP) is 0.991. The van der Waals surface area contributed by atoms with Gasteiger partial charge in [-0.2, -0.15) is 0 Å². The summed E-state index contributed by atoms with van der Waals surface area (Å²) in [5.74, 6) is 0. The Bertz CT molecular complexity index is 496. The van der Waals surface area contributed by atoms with E-state index >= 15 is 0 Å². The van der Waals surface area contributed by atoms with E-state index in [1.54, 1.807) is 24.3 Å². The van der Waals surface area contributed by atoms with Gasteiger partial charge in [0.25, 0.3) is 0 Å². The molecule has 0 spiro atoms. The van der Waals surface area contributed by atoms with Crippen molar-refractivity contribution in [3.63, 3.8) is 0 Å². The van der Waals surface area contributed by atoms with Gasteiger partial charge in [-0.15, -0.1) is 0 Å². The minimum absolute atomic E-state index is 0.116. The van der Waals surface area contributed by atoms with Gasteiger partial charge in [0.15, 0.2) is 0 Å². The maximum absolute atomic E-state index is 11.4. The molecule has 2 N–H and O–H groups in total. The largest absolute Gasteiger partial charge is 0.265 e. The first kappa shape index (κ1) is 13.6. The molecule has 0 heterocycles. The molecule has 0 saturated heterocycles. The average Bonchev–Trinajstić information content (AvgIpc) is 2.18. The molecule has 0 radical (unpaired) electrons. The number of primary sulfonamides is 1. The molecule has 0 bridgehead atoms. The predicted molar refractivity (Wildman–Crippen MR) is 63.5 cm³/mol. The molecule has 1 aromatic rings. The van der Waals surface area contributed by atoms with Crippen molar-refractivity contribution in [3.8, 4) is 0 Å². The highest BCUT2D eigenvalue weighted by molar-refractivity contribution is 7.89. The van der Waals surface area contributed by atoms with Crippen molar-refractivity contribution in [2.45, 2.75) is 18.6 Å². The highest BCUT2D eigenvalue weighted by atomic mass is 32.2. The molecule has 0 aliphatic carbocycles. The van der Waals surface area contributed by atoms with Gasteiger partial charge in [-0.3, -0.25) is 10.1 Å². The molecule has 6 nitrogen and oxygen atoms in total. The lowest BCUT2D eigenvalue weighted by atomic mass is 10.1. The number of hydrogen-bond donors (Lipinski definition) is 1. The van der Waals surface area contributed by atoms with Crippen LogP contribution in [0.3, 0.4) is 0 Å². The molecule has 0 saturated carbocycles. The van der Waals surface area contributed by atoms with Gasteiger partial charge >= 0.3 is 0 Å². The van der Waals surface area contributed by atoms with Gasteiger partial charge < -0.3 is 0 Å². The first-order chi connectivity index (χ1) is 7.80. The van der Waals surface area contributed by atoms with E-state index in [-0.39, 0.29) is 6.42 Å². The lowest BCUT2D eigenvalue weighted by Gasteiger charge is -2.13. The number of aryl methyl sites for hydroxylation is 1. The van der Waals surface area contributed by atoms with E-state index in [0.29, 0.717) is 5.56 Å². The molecule has 0 fully saturated rings. The second-order valence-corrected chi connectivity index (χ2v) is 5.58. The fourth-order valence-electron chi connectivity index (χ4n) is 1.52. The Morgan fingerprint density at radius 1 is 1.35 bits per heavy atom. The Balaban J connectivity index is 2.98. The summed E-state index contributed by atoms with van der Waals surface area (Å²) in [6.45, 7) is 1.45. The maximum Gasteiger partial charge on any atom is 0.216 e. The summed E-state index contributed by atoms with van der Waals surface area (Å²) in [7, 11) is -3.83. The van der Waals surface area contributed by atoms with E-state index in [9.17, 15) is 18.5 Å². The van der Waals surface area contributed by atoms with Crippen molar-refractivity contribution in [1.82, 2.24) is 0 Å². The molecule has 1 atom stereocenters. The molecule has 1 unspecified atom stereocenters. The van der Waals surface area contributed by atoms with Crippen molar-refractivity contribution in [1.29, 1.82) is 0 Å². The number of sulfonamides is 1. The molecule has 1 rings (SSSR count). The first-order valence-electron chi connectivity index (χ1n) is 5.00. The van der Waals surface area contributed by atoms with E-state index < -0.39 is 26.7 Å². The normalized spacial score (nSPS) is 13.3. The zero-order valence-corrected chi connectivity index (χ0v) is 10.2. The maximum atomic E-state index is 11.4. The minimum atomic E-state index is -3.83. The second kappa shape index (κ2) is 5.24. The Labute approximate surface area is 99.6 Å². The zero-order valence-electron chi connectivity index (χ0n) is 9.37. The van der Waals surface area contributed by atoms with Gasteiger partial charge in [-0.05, 0) is 12.5 Å². The van der Waals surface area contributed by atoms with Crippen molar-refractivity contribution in [2.24, 2.45) is 5.14 Å². The van der Waals surface area contributed by atoms with Gasteiger partial charge in [-0.25, -0.2) is 13.6 Å². The van der Waals surface area contributed by atoms with E-state index in [4.69, 9.17) is 5.14 Å². The molecule has 0 aliphatic rings. The zero-order chi connectivity index (χ0) is 13.1. The molecular weight excluding hydrogens is 244 g/mol. The number of benzene rings is 1. The van der Waals surface area contributed by atoms with Crippen molar-refractivity contribution < 1.29 is 13.3 Å². The van der Waals surface area contributed by atoms with Crippen LogP contribution in [0.15, 0.2) is 24.3 Å². The highest BCUT2D eigenvalue weighted by Crippen LogP contribution is 2.24. The number of rotatable bonds is 5. The highest BCUT2D eigenvalue weighted by Gasteiger charge is 2.25. The summed E-state index contributed by atoms with van der Waals surface area (Å²) in [5.41, 5.74) is 1.47. The fourth-order valence-corrected chi connectivity index (χ4v) is 2.49. The third-order valence-electron chi connectivity index (χ3n) is 2.42. The SMILES string of the molecule is Cc1ccc(C(CC[N+](=O)[O-])S(N)(=O)=O)cc1. The number of hydrogen-bond acceptors (Lipinski definition) is 4. The standard InChI is InChI=1S/C10H14N2O4S/c1-8-2-4-9(5-3-8)10(17(11,15)16)6-7-12(13)14/h2-5,10H,6-7H2,1H3,(H2,11,15,16). The van der Waals surface area contributed by atoms with Gasteiger partial charge in [0, 0.05) is 11.3 Å². The summed E-state index contributed by atoms with van der Waals surface area (Å²) in [4.78, 5) is 9.74. The van der Waals surface area contributed by atoms with Gasteiger partial charge in [0.05, 0.1) is 0 Å². The van der Waals surface area contributed by atoms with Crippen molar-refractivity contribution in [2.75, 3.05) is 6.54 Å². The van der Waals surface area contributed by atoms with Crippen LogP contribution in [-0.2, 0) is 10.0 Å². The van der Waals surface area contributed by atoms with E-state index in [2.05, 4.69) is 0 Å². The Morgan fingerprint density at radius 3 is 2.29 bits per heavy atom. The van der Waals surface area contributed by atoms with Gasteiger partial charge in [-0.1, -0.05) is 29.8 Å². The average molecular weight is 258 g/mol. The lowest BCUT2D eigenvalue weighted by Crippen LogP contribution is -2.23. The summed E-state index contributed by atoms with van der Waals surface area (Å²) in [6, 6.07) is 6.76. The molecule has 7 heteroatoms. The van der Waals surface area contributed by atoms with Gasteiger partial charge in [0.1, 0.15) is 5.25 Å². The second-order valence-electron chi connectivity index (χ2n) is 3.83. The monoisotopic (exact) mass is 258 g/mol. The number of nitrogens with two attached hydrogens (primary N) is 1. The molecule has 94 valence electrons. The lowest BCUT2D eigenvalue weighted by molar-refractivity contribution is -0.480. The topological polar surface area (TPSA) is 103 Å². The van der Waals surface area contributed by atoms with Crippen LogP contribution in [0.4, 0.5) is 0 Å². The van der Waals surface area contributed by atoms with Crippen LogP contribution < -0.4 is 5.14 Å². The van der Waals surface area contributed by atoms with Crippen LogP contribution in [0.5, 0.6) is 0 Å². The van der Waals surface area contributed by atoms with Crippen molar-refractivity contribution >= 4 is 10.0 Å². The van der Waals surface area contributed by atoms with Crippen LogP contribution in [0.25, 0.3) is 0 Å². The summed E-state index contributed by atoms with van der Waals surface area (Å²) in [5, 5.41) is 14.4. The van der Waals surface area contributed by atoms with Gasteiger partial charge in [0.2, 0.25) is 16.6 Å². The Morgan fingerprint density at radius 2 is 1.88 bits per heavy atom. The molecule has 0 aromatic heterocycles. The van der Waals surface area contributed by atoms with E-state index in [0.717, 1.165) is 5.56 Å². The van der Waals surface area contributed by atoms with E-state index in [1.165, 1.54) is 0 Å².